The van der Waals surface area contributed by atoms with Crippen molar-refractivity contribution in [2.45, 2.75) is 44.8 Å². The minimum absolute atomic E-state index is 0.187. The molecule has 0 radical (unpaired) electrons. The Hall–Kier alpha value is -0.680. The molecule has 2 saturated heterocycles. The minimum atomic E-state index is -0.187. The number of piperazine rings is 1. The largest absolute Gasteiger partial charge is 0.314 e. The summed E-state index contributed by atoms with van der Waals surface area (Å²) in [5.74, 6) is -0.187. The van der Waals surface area contributed by atoms with Crippen LogP contribution < -0.4 is 5.32 Å². The van der Waals surface area contributed by atoms with Gasteiger partial charge in [0.25, 0.3) is 0 Å². The van der Waals surface area contributed by atoms with Gasteiger partial charge in [0.1, 0.15) is 5.82 Å². The Labute approximate surface area is 143 Å². The highest BCUT2D eigenvalue weighted by molar-refractivity contribution is 6.30. The van der Waals surface area contributed by atoms with Crippen LogP contribution >= 0.6 is 11.6 Å². The SMILES string of the molecule is CC[C@H]1CNCCN1C1CCN(Cc2ccc(Cl)cc2F)CC1. The van der Waals surface area contributed by atoms with Gasteiger partial charge in [-0.25, -0.2) is 4.39 Å². The van der Waals surface area contributed by atoms with Crippen molar-refractivity contribution in [1.29, 1.82) is 0 Å². The first-order valence-corrected chi connectivity index (χ1v) is 9.18. The summed E-state index contributed by atoms with van der Waals surface area (Å²) in [6.07, 6.45) is 3.58. The zero-order valence-electron chi connectivity index (χ0n) is 13.9. The number of nitrogens with one attached hydrogen (secondary N) is 1. The zero-order valence-corrected chi connectivity index (χ0v) is 14.7. The van der Waals surface area contributed by atoms with Gasteiger partial charge in [0.15, 0.2) is 0 Å². The second kappa shape index (κ2) is 7.93. The van der Waals surface area contributed by atoms with E-state index in [0.29, 0.717) is 23.7 Å². The number of benzene rings is 1. The molecule has 1 atom stereocenters. The average Bonchev–Trinajstić information content (AvgIpc) is 2.58. The quantitative estimate of drug-likeness (QED) is 0.909. The van der Waals surface area contributed by atoms with Crippen molar-refractivity contribution in [2.24, 2.45) is 0 Å². The fourth-order valence-electron chi connectivity index (χ4n) is 3.94. The maximum absolute atomic E-state index is 13.9. The first-order chi connectivity index (χ1) is 11.2. The summed E-state index contributed by atoms with van der Waals surface area (Å²) in [4.78, 5) is 5.07. The summed E-state index contributed by atoms with van der Waals surface area (Å²) in [5, 5.41) is 3.97. The van der Waals surface area contributed by atoms with Crippen LogP contribution in [0.1, 0.15) is 31.7 Å². The van der Waals surface area contributed by atoms with E-state index in [1.807, 2.05) is 6.07 Å². The molecule has 0 unspecified atom stereocenters. The second-order valence-corrected chi connectivity index (χ2v) is 7.18. The van der Waals surface area contributed by atoms with E-state index in [1.54, 1.807) is 6.07 Å². The zero-order chi connectivity index (χ0) is 16.2. The summed E-state index contributed by atoms with van der Waals surface area (Å²) in [6, 6.07) is 6.37. The smallest absolute Gasteiger partial charge is 0.129 e. The predicted octanol–water partition coefficient (Wildman–Crippen LogP) is 3.13. The van der Waals surface area contributed by atoms with Crippen molar-refractivity contribution >= 4 is 11.6 Å². The van der Waals surface area contributed by atoms with E-state index in [1.165, 1.54) is 25.3 Å². The van der Waals surface area contributed by atoms with E-state index in [0.717, 1.165) is 38.3 Å². The summed E-state index contributed by atoms with van der Waals surface area (Å²) in [7, 11) is 0. The van der Waals surface area contributed by atoms with E-state index in [4.69, 9.17) is 11.6 Å². The van der Waals surface area contributed by atoms with Crippen LogP contribution in [0.5, 0.6) is 0 Å². The Kier molecular flexibility index (Phi) is 5.91. The molecule has 1 aromatic rings. The van der Waals surface area contributed by atoms with Crippen molar-refractivity contribution < 1.29 is 4.39 Å². The maximum Gasteiger partial charge on any atom is 0.129 e. The number of piperidine rings is 1. The normalized spacial score (nSPS) is 24.9. The van der Waals surface area contributed by atoms with Crippen LogP contribution in [0.4, 0.5) is 4.39 Å². The van der Waals surface area contributed by atoms with Gasteiger partial charge in [0.2, 0.25) is 0 Å². The molecule has 0 saturated carbocycles. The third-order valence-electron chi connectivity index (χ3n) is 5.30. The minimum Gasteiger partial charge on any atom is -0.314 e. The van der Waals surface area contributed by atoms with Gasteiger partial charge in [-0.15, -0.1) is 0 Å². The Balaban J connectivity index is 1.53. The average molecular weight is 340 g/mol. The lowest BCUT2D eigenvalue weighted by molar-refractivity contribution is 0.0541. The molecule has 0 aromatic heterocycles. The number of halogens is 2. The van der Waals surface area contributed by atoms with Crippen LogP contribution in [0.3, 0.4) is 0 Å². The third kappa shape index (κ3) is 4.24. The van der Waals surface area contributed by atoms with E-state index in [2.05, 4.69) is 22.0 Å². The number of rotatable bonds is 4. The maximum atomic E-state index is 13.9. The molecule has 3 rings (SSSR count). The molecule has 0 spiro atoms. The fraction of sp³-hybridized carbons (Fsp3) is 0.667. The van der Waals surface area contributed by atoms with Gasteiger partial charge >= 0.3 is 0 Å². The van der Waals surface area contributed by atoms with E-state index in [-0.39, 0.29) is 5.82 Å². The van der Waals surface area contributed by atoms with Crippen molar-refractivity contribution in [3.05, 3.63) is 34.6 Å². The molecule has 2 aliphatic heterocycles. The molecular formula is C18H27ClFN3. The molecule has 3 nitrogen and oxygen atoms in total. The molecule has 5 heteroatoms. The van der Waals surface area contributed by atoms with Crippen LogP contribution in [0, 0.1) is 5.82 Å². The fourth-order valence-corrected chi connectivity index (χ4v) is 4.09. The molecule has 2 heterocycles. The summed E-state index contributed by atoms with van der Waals surface area (Å²) >= 11 is 5.83. The molecule has 2 fully saturated rings. The highest BCUT2D eigenvalue weighted by atomic mass is 35.5. The Morgan fingerprint density at radius 2 is 2.04 bits per heavy atom. The van der Waals surface area contributed by atoms with E-state index < -0.39 is 0 Å². The Bertz CT molecular complexity index is 517. The second-order valence-electron chi connectivity index (χ2n) is 6.75. The lowest BCUT2D eigenvalue weighted by atomic mass is 9.98. The molecule has 0 amide bonds. The summed E-state index contributed by atoms with van der Waals surface area (Å²) < 4.78 is 13.9. The number of hydrogen-bond acceptors (Lipinski definition) is 3. The molecule has 0 aliphatic carbocycles. The van der Waals surface area contributed by atoms with Crippen molar-refractivity contribution in [3.8, 4) is 0 Å². The molecule has 2 aliphatic rings. The lowest BCUT2D eigenvalue weighted by Crippen LogP contribution is -2.57. The van der Waals surface area contributed by atoms with E-state index >= 15 is 0 Å². The number of hydrogen-bond donors (Lipinski definition) is 1. The highest BCUT2D eigenvalue weighted by Crippen LogP contribution is 2.23. The van der Waals surface area contributed by atoms with Gasteiger partial charge in [0.05, 0.1) is 0 Å². The number of nitrogens with zero attached hydrogens (tertiary/aromatic N) is 2. The van der Waals surface area contributed by atoms with Gasteiger partial charge in [-0.3, -0.25) is 9.80 Å². The van der Waals surface area contributed by atoms with Gasteiger partial charge in [-0.05, 0) is 44.5 Å². The van der Waals surface area contributed by atoms with Crippen LogP contribution in [0.15, 0.2) is 18.2 Å². The van der Waals surface area contributed by atoms with Gasteiger partial charge in [-0.1, -0.05) is 24.6 Å². The molecule has 128 valence electrons. The third-order valence-corrected chi connectivity index (χ3v) is 5.54. The van der Waals surface area contributed by atoms with Crippen molar-refractivity contribution in [2.75, 3.05) is 32.7 Å². The van der Waals surface area contributed by atoms with Crippen LogP contribution in [0.2, 0.25) is 5.02 Å². The van der Waals surface area contributed by atoms with Crippen molar-refractivity contribution in [3.63, 3.8) is 0 Å². The summed E-state index contributed by atoms with van der Waals surface area (Å²) in [6.45, 7) is 8.45. The predicted molar refractivity (Wildman–Crippen MR) is 93.4 cm³/mol. The van der Waals surface area contributed by atoms with Crippen molar-refractivity contribution in [1.82, 2.24) is 15.1 Å². The molecule has 1 aromatic carbocycles. The van der Waals surface area contributed by atoms with Gasteiger partial charge < -0.3 is 5.32 Å². The van der Waals surface area contributed by atoms with Crippen LogP contribution in [-0.2, 0) is 6.54 Å². The standard InChI is InChI=1S/C18H27ClFN3/c1-2-16-12-21-7-10-23(16)17-5-8-22(9-6-17)13-14-3-4-15(19)11-18(14)20/h3-4,11,16-17,21H,2,5-10,12-13H2,1H3/t16-/m0/s1. The topological polar surface area (TPSA) is 18.5 Å². The first kappa shape index (κ1) is 17.2. The number of likely N-dealkylation sites (tertiary alicyclic amines) is 1. The molecule has 0 bridgehead atoms. The summed E-state index contributed by atoms with van der Waals surface area (Å²) in [5.41, 5.74) is 0.751. The van der Waals surface area contributed by atoms with Crippen LogP contribution in [-0.4, -0.2) is 54.6 Å². The Morgan fingerprint density at radius 3 is 2.74 bits per heavy atom. The molecule has 23 heavy (non-hydrogen) atoms. The van der Waals surface area contributed by atoms with Crippen LogP contribution in [0.25, 0.3) is 0 Å². The highest BCUT2D eigenvalue weighted by Gasteiger charge is 2.30. The van der Waals surface area contributed by atoms with E-state index in [9.17, 15) is 4.39 Å². The Morgan fingerprint density at radius 1 is 1.26 bits per heavy atom. The molecule has 1 N–H and O–H groups in total. The monoisotopic (exact) mass is 339 g/mol. The lowest BCUT2D eigenvalue weighted by Gasteiger charge is -2.44. The van der Waals surface area contributed by atoms with Gasteiger partial charge in [-0.2, -0.15) is 0 Å². The van der Waals surface area contributed by atoms with Gasteiger partial charge in [0, 0.05) is 48.8 Å². The molecular weight excluding hydrogens is 313 g/mol. The first-order valence-electron chi connectivity index (χ1n) is 8.80.